The Morgan fingerprint density at radius 1 is 1.14 bits per heavy atom. The smallest absolute Gasteiger partial charge is 0.341 e. The van der Waals surface area contributed by atoms with Crippen LogP contribution in [0.3, 0.4) is 0 Å². The summed E-state index contributed by atoms with van der Waals surface area (Å²) in [4.78, 5) is 25.0. The minimum atomic E-state index is -2.52. The maximum absolute atomic E-state index is 12.4. The highest BCUT2D eigenvalue weighted by molar-refractivity contribution is 7.99. The van der Waals surface area contributed by atoms with Gasteiger partial charge in [0.05, 0.1) is 12.2 Å². The number of hydrogen-bond acceptors (Lipinski definition) is 6. The summed E-state index contributed by atoms with van der Waals surface area (Å²) in [5.41, 5.74) is 1.13. The quantitative estimate of drug-likeness (QED) is 0.433. The Morgan fingerprint density at radius 2 is 1.82 bits per heavy atom. The van der Waals surface area contributed by atoms with Gasteiger partial charge in [0.15, 0.2) is 6.10 Å². The predicted molar refractivity (Wildman–Crippen MR) is 104 cm³/mol. The van der Waals surface area contributed by atoms with Crippen molar-refractivity contribution in [1.82, 2.24) is 0 Å². The number of alkyl halides is 2. The number of halogens is 2. The van der Waals surface area contributed by atoms with E-state index in [0.717, 1.165) is 0 Å². The molecule has 0 fully saturated rings. The lowest BCUT2D eigenvalue weighted by Crippen LogP contribution is -2.30. The molecule has 0 aliphatic rings. The number of rotatable bonds is 9. The Morgan fingerprint density at radius 3 is 2.46 bits per heavy atom. The summed E-state index contributed by atoms with van der Waals surface area (Å²) in [6.45, 7) is 1.59. The van der Waals surface area contributed by atoms with Crippen LogP contribution in [0, 0.1) is 0 Å². The van der Waals surface area contributed by atoms with Crippen LogP contribution in [-0.4, -0.2) is 42.0 Å². The summed E-state index contributed by atoms with van der Waals surface area (Å²) < 4.78 is 29.9. The number of thioether (sulfide) groups is 1. The highest BCUT2D eigenvalue weighted by Crippen LogP contribution is 2.26. The highest BCUT2D eigenvalue weighted by Gasteiger charge is 2.21. The van der Waals surface area contributed by atoms with E-state index in [1.165, 1.54) is 31.2 Å². The van der Waals surface area contributed by atoms with Gasteiger partial charge in [-0.25, -0.2) is 4.79 Å². The van der Waals surface area contributed by atoms with Crippen molar-refractivity contribution in [2.45, 2.75) is 23.7 Å². The SMILES string of the molecule is C[C@@H](OC(=O)c1ccccc1NCCO)C(=O)Nc1ccc(SC(F)F)cc1. The summed E-state index contributed by atoms with van der Waals surface area (Å²) in [7, 11) is 0. The molecule has 1 amide bonds. The van der Waals surface area contributed by atoms with Crippen LogP contribution in [0.25, 0.3) is 0 Å². The predicted octanol–water partition coefficient (Wildman–Crippen LogP) is 3.59. The Labute approximate surface area is 165 Å². The second kappa shape index (κ2) is 10.6. The summed E-state index contributed by atoms with van der Waals surface area (Å²) in [5.74, 6) is -3.76. The van der Waals surface area contributed by atoms with Crippen LogP contribution in [0.15, 0.2) is 53.4 Å². The Balaban J connectivity index is 1.96. The molecule has 2 rings (SSSR count). The van der Waals surface area contributed by atoms with E-state index in [9.17, 15) is 18.4 Å². The molecule has 0 spiro atoms. The van der Waals surface area contributed by atoms with Gasteiger partial charge in [0.1, 0.15) is 0 Å². The monoisotopic (exact) mass is 410 g/mol. The number of aliphatic hydroxyl groups is 1. The molecule has 0 saturated heterocycles. The number of hydrogen-bond donors (Lipinski definition) is 3. The van der Waals surface area contributed by atoms with Gasteiger partial charge >= 0.3 is 5.97 Å². The molecular formula is C19H20F2N2O4S. The maximum atomic E-state index is 12.4. The number of ether oxygens (including phenoxy) is 1. The molecule has 0 heterocycles. The van der Waals surface area contributed by atoms with E-state index in [2.05, 4.69) is 10.6 Å². The van der Waals surface area contributed by atoms with Gasteiger partial charge in [-0.15, -0.1) is 0 Å². The third-order valence-electron chi connectivity index (χ3n) is 3.57. The van der Waals surface area contributed by atoms with Gasteiger partial charge in [0.25, 0.3) is 11.7 Å². The molecule has 1 atom stereocenters. The van der Waals surface area contributed by atoms with Crippen molar-refractivity contribution in [2.24, 2.45) is 0 Å². The minimum Gasteiger partial charge on any atom is -0.449 e. The molecule has 2 aromatic rings. The molecule has 0 aliphatic heterocycles. The number of nitrogens with one attached hydrogen (secondary N) is 2. The molecule has 9 heteroatoms. The van der Waals surface area contributed by atoms with Crippen molar-refractivity contribution in [1.29, 1.82) is 0 Å². The zero-order valence-corrected chi connectivity index (χ0v) is 15.8. The zero-order chi connectivity index (χ0) is 20.5. The largest absolute Gasteiger partial charge is 0.449 e. The first-order valence-electron chi connectivity index (χ1n) is 8.41. The van der Waals surface area contributed by atoms with E-state index in [1.54, 1.807) is 24.3 Å². The van der Waals surface area contributed by atoms with E-state index >= 15 is 0 Å². The fraction of sp³-hybridized carbons (Fsp3) is 0.263. The van der Waals surface area contributed by atoms with Crippen LogP contribution in [0.1, 0.15) is 17.3 Å². The first kappa shape index (κ1) is 21.6. The first-order chi connectivity index (χ1) is 13.4. The molecule has 0 aliphatic carbocycles. The lowest BCUT2D eigenvalue weighted by Gasteiger charge is -2.15. The lowest BCUT2D eigenvalue weighted by molar-refractivity contribution is -0.123. The van der Waals surface area contributed by atoms with Crippen LogP contribution in [0.4, 0.5) is 20.2 Å². The third-order valence-corrected chi connectivity index (χ3v) is 4.30. The summed E-state index contributed by atoms with van der Waals surface area (Å²) in [6.07, 6.45) is -1.08. The lowest BCUT2D eigenvalue weighted by atomic mass is 10.1. The van der Waals surface area contributed by atoms with Gasteiger partial charge in [-0.1, -0.05) is 23.9 Å². The molecule has 3 N–H and O–H groups in total. The molecule has 150 valence electrons. The van der Waals surface area contributed by atoms with E-state index in [0.29, 0.717) is 28.0 Å². The molecule has 0 unspecified atom stereocenters. The van der Waals surface area contributed by atoms with Crippen molar-refractivity contribution in [2.75, 3.05) is 23.8 Å². The van der Waals surface area contributed by atoms with Gasteiger partial charge in [0, 0.05) is 22.8 Å². The number of amides is 1. The van der Waals surface area contributed by atoms with Crippen molar-refractivity contribution in [3.63, 3.8) is 0 Å². The molecular weight excluding hydrogens is 390 g/mol. The Hall–Kier alpha value is -2.65. The molecule has 6 nitrogen and oxygen atoms in total. The second-order valence-corrected chi connectivity index (χ2v) is 6.70. The molecule has 0 radical (unpaired) electrons. The zero-order valence-electron chi connectivity index (χ0n) is 15.0. The minimum absolute atomic E-state index is 0.100. The number of carbonyl (C=O) groups is 2. The molecule has 0 saturated carbocycles. The normalized spacial score (nSPS) is 11.8. The number of anilines is 2. The molecule has 0 aromatic heterocycles. The maximum Gasteiger partial charge on any atom is 0.341 e. The summed E-state index contributed by atoms with van der Waals surface area (Å²) >= 11 is 0.408. The third kappa shape index (κ3) is 6.50. The van der Waals surface area contributed by atoms with Crippen LogP contribution in [0.2, 0.25) is 0 Å². The number of benzene rings is 2. The standard InChI is InChI=1S/C19H20F2N2O4S/c1-12(17(25)23-13-6-8-14(9-7-13)28-19(20)21)27-18(26)15-4-2-3-5-16(15)22-10-11-24/h2-9,12,19,22,24H,10-11H2,1H3,(H,23,25)/t12-/m1/s1. The van der Waals surface area contributed by atoms with Crippen LogP contribution in [-0.2, 0) is 9.53 Å². The Kier molecular flexibility index (Phi) is 8.21. The number of carbonyl (C=O) groups excluding carboxylic acids is 2. The molecule has 0 bridgehead atoms. The topological polar surface area (TPSA) is 87.7 Å². The number of aliphatic hydroxyl groups excluding tert-OH is 1. The highest BCUT2D eigenvalue weighted by atomic mass is 32.2. The van der Waals surface area contributed by atoms with Crippen molar-refractivity contribution in [3.8, 4) is 0 Å². The first-order valence-corrected chi connectivity index (χ1v) is 9.29. The fourth-order valence-electron chi connectivity index (χ4n) is 2.25. The van der Waals surface area contributed by atoms with E-state index in [4.69, 9.17) is 9.84 Å². The summed E-state index contributed by atoms with van der Waals surface area (Å²) in [6, 6.07) is 12.5. The average Bonchev–Trinajstić information content (AvgIpc) is 2.67. The fourth-order valence-corrected chi connectivity index (χ4v) is 2.75. The van der Waals surface area contributed by atoms with Crippen LogP contribution >= 0.6 is 11.8 Å². The van der Waals surface area contributed by atoms with Crippen molar-refractivity contribution >= 4 is 35.0 Å². The molecule has 28 heavy (non-hydrogen) atoms. The second-order valence-electron chi connectivity index (χ2n) is 5.64. The van der Waals surface area contributed by atoms with Gasteiger partial charge in [0.2, 0.25) is 0 Å². The van der Waals surface area contributed by atoms with Crippen LogP contribution < -0.4 is 10.6 Å². The van der Waals surface area contributed by atoms with Gasteiger partial charge < -0.3 is 20.5 Å². The summed E-state index contributed by atoms with van der Waals surface area (Å²) in [5, 5.41) is 14.4. The van der Waals surface area contributed by atoms with Crippen molar-refractivity contribution in [3.05, 3.63) is 54.1 Å². The van der Waals surface area contributed by atoms with Gasteiger partial charge in [-0.2, -0.15) is 8.78 Å². The average molecular weight is 410 g/mol. The Bertz CT molecular complexity index is 803. The van der Waals surface area contributed by atoms with Crippen LogP contribution in [0.5, 0.6) is 0 Å². The number of para-hydroxylation sites is 1. The van der Waals surface area contributed by atoms with E-state index in [-0.39, 0.29) is 18.7 Å². The van der Waals surface area contributed by atoms with E-state index < -0.39 is 23.7 Å². The molecule has 2 aromatic carbocycles. The van der Waals surface area contributed by atoms with Gasteiger partial charge in [-0.3, -0.25) is 4.79 Å². The van der Waals surface area contributed by atoms with E-state index in [1.807, 2.05) is 0 Å². The van der Waals surface area contributed by atoms with Crippen molar-refractivity contribution < 1.29 is 28.2 Å². The van der Waals surface area contributed by atoms with Gasteiger partial charge in [-0.05, 0) is 43.3 Å². The number of esters is 1.